The van der Waals surface area contributed by atoms with Crippen LogP contribution in [0.25, 0.3) is 0 Å². The maximum atomic E-state index is 12.5. The lowest BCUT2D eigenvalue weighted by Crippen LogP contribution is -2.50. The minimum Gasteiger partial charge on any atom is -0.342 e. The Balaban J connectivity index is 1.76. The smallest absolute Gasteiger partial charge is 0.222 e. The van der Waals surface area contributed by atoms with Crippen molar-refractivity contribution in [3.05, 3.63) is 0 Å². The number of rotatable bonds is 5. The molecule has 2 aliphatic heterocycles. The normalized spacial score (nSPS) is 28.5. The summed E-state index contributed by atoms with van der Waals surface area (Å²) in [4.78, 5) is 17.0. The third-order valence-corrected chi connectivity index (χ3v) is 5.51. The van der Waals surface area contributed by atoms with Crippen molar-refractivity contribution in [3.63, 3.8) is 0 Å². The summed E-state index contributed by atoms with van der Waals surface area (Å²) in [5.41, 5.74) is 0. The molecule has 122 valence electrons. The van der Waals surface area contributed by atoms with Gasteiger partial charge >= 0.3 is 0 Å². The van der Waals surface area contributed by atoms with Crippen molar-refractivity contribution in [1.82, 2.24) is 15.1 Å². The Bertz CT molecular complexity index is 328. The SMILES string of the molecule is CCN1CC[C@@H](N(C)C(=O)CCC2CCNCC2)[C@@H](C)C1. The Morgan fingerprint density at radius 3 is 2.62 bits per heavy atom. The molecule has 2 fully saturated rings. The molecule has 0 unspecified atom stereocenters. The van der Waals surface area contributed by atoms with E-state index < -0.39 is 0 Å². The van der Waals surface area contributed by atoms with Crippen LogP contribution in [0.3, 0.4) is 0 Å². The van der Waals surface area contributed by atoms with Gasteiger partial charge in [-0.05, 0) is 57.2 Å². The number of nitrogens with zero attached hydrogens (tertiary/aromatic N) is 2. The lowest BCUT2D eigenvalue weighted by molar-refractivity contribution is -0.134. The van der Waals surface area contributed by atoms with Gasteiger partial charge in [0.2, 0.25) is 5.91 Å². The molecular formula is C17H33N3O. The van der Waals surface area contributed by atoms with Crippen molar-refractivity contribution in [2.75, 3.05) is 39.8 Å². The standard InChI is InChI=1S/C17H33N3O/c1-4-20-12-9-16(14(2)13-20)19(3)17(21)6-5-15-7-10-18-11-8-15/h14-16,18H,4-13H2,1-3H3/t14-,16+/m0/s1. The van der Waals surface area contributed by atoms with Gasteiger partial charge < -0.3 is 15.1 Å². The number of piperidine rings is 2. The molecule has 0 aromatic carbocycles. The lowest BCUT2D eigenvalue weighted by atomic mass is 9.91. The van der Waals surface area contributed by atoms with Gasteiger partial charge in [0.1, 0.15) is 0 Å². The minimum absolute atomic E-state index is 0.357. The first-order chi connectivity index (χ1) is 10.1. The van der Waals surface area contributed by atoms with Crippen LogP contribution in [-0.4, -0.2) is 61.5 Å². The largest absolute Gasteiger partial charge is 0.342 e. The van der Waals surface area contributed by atoms with E-state index in [9.17, 15) is 4.79 Å². The molecule has 0 spiro atoms. The maximum Gasteiger partial charge on any atom is 0.222 e. The molecule has 2 saturated heterocycles. The van der Waals surface area contributed by atoms with Gasteiger partial charge in [0, 0.05) is 32.6 Å². The fourth-order valence-corrected chi connectivity index (χ4v) is 3.94. The van der Waals surface area contributed by atoms with E-state index >= 15 is 0 Å². The Morgan fingerprint density at radius 1 is 1.29 bits per heavy atom. The average molecular weight is 295 g/mol. The topological polar surface area (TPSA) is 35.6 Å². The van der Waals surface area contributed by atoms with Gasteiger partial charge in [-0.1, -0.05) is 13.8 Å². The molecule has 2 atom stereocenters. The predicted molar refractivity (Wildman–Crippen MR) is 87.3 cm³/mol. The zero-order chi connectivity index (χ0) is 15.2. The van der Waals surface area contributed by atoms with Crippen molar-refractivity contribution in [1.29, 1.82) is 0 Å². The van der Waals surface area contributed by atoms with Crippen LogP contribution in [-0.2, 0) is 4.79 Å². The van der Waals surface area contributed by atoms with E-state index in [0.717, 1.165) is 57.9 Å². The zero-order valence-electron chi connectivity index (χ0n) is 14.1. The van der Waals surface area contributed by atoms with Crippen LogP contribution < -0.4 is 5.32 Å². The van der Waals surface area contributed by atoms with Crippen LogP contribution in [0.1, 0.15) is 46.0 Å². The summed E-state index contributed by atoms with van der Waals surface area (Å²) in [7, 11) is 2.02. The summed E-state index contributed by atoms with van der Waals surface area (Å²) < 4.78 is 0. The van der Waals surface area contributed by atoms with Gasteiger partial charge in [-0.2, -0.15) is 0 Å². The van der Waals surface area contributed by atoms with Gasteiger partial charge in [-0.3, -0.25) is 4.79 Å². The van der Waals surface area contributed by atoms with E-state index in [4.69, 9.17) is 0 Å². The first-order valence-corrected chi connectivity index (χ1v) is 8.80. The molecule has 0 aromatic heterocycles. The first kappa shape index (κ1) is 16.8. The number of hydrogen-bond donors (Lipinski definition) is 1. The molecule has 4 nitrogen and oxygen atoms in total. The van der Waals surface area contributed by atoms with Crippen LogP contribution in [0.2, 0.25) is 0 Å². The Kier molecular flexibility index (Phi) is 6.49. The third kappa shape index (κ3) is 4.68. The Labute approximate surface area is 130 Å². The van der Waals surface area contributed by atoms with E-state index in [-0.39, 0.29) is 0 Å². The summed E-state index contributed by atoms with van der Waals surface area (Å²) in [5.74, 6) is 1.70. The second kappa shape index (κ2) is 8.14. The highest BCUT2D eigenvalue weighted by Gasteiger charge is 2.30. The number of carbonyl (C=O) groups excluding carboxylic acids is 1. The predicted octanol–water partition coefficient (Wildman–Crippen LogP) is 1.95. The van der Waals surface area contributed by atoms with Crippen molar-refractivity contribution in [3.8, 4) is 0 Å². The third-order valence-electron chi connectivity index (χ3n) is 5.51. The fourth-order valence-electron chi connectivity index (χ4n) is 3.94. The summed E-state index contributed by atoms with van der Waals surface area (Å²) in [5, 5.41) is 3.39. The monoisotopic (exact) mass is 295 g/mol. The second-order valence-electron chi connectivity index (χ2n) is 6.96. The average Bonchev–Trinajstić information content (AvgIpc) is 2.52. The molecule has 0 saturated carbocycles. The van der Waals surface area contributed by atoms with Crippen LogP contribution >= 0.6 is 0 Å². The molecule has 0 bridgehead atoms. The molecule has 1 amide bonds. The van der Waals surface area contributed by atoms with Crippen LogP contribution in [0.5, 0.6) is 0 Å². The summed E-state index contributed by atoms with van der Waals surface area (Å²) >= 11 is 0. The number of nitrogens with one attached hydrogen (secondary N) is 1. The molecule has 0 aliphatic carbocycles. The van der Waals surface area contributed by atoms with E-state index in [1.165, 1.54) is 12.8 Å². The Hall–Kier alpha value is -0.610. The maximum absolute atomic E-state index is 12.5. The van der Waals surface area contributed by atoms with Crippen molar-refractivity contribution in [2.45, 2.75) is 52.0 Å². The van der Waals surface area contributed by atoms with Crippen molar-refractivity contribution in [2.24, 2.45) is 11.8 Å². The van der Waals surface area contributed by atoms with Crippen LogP contribution in [0.4, 0.5) is 0 Å². The van der Waals surface area contributed by atoms with Gasteiger partial charge in [-0.25, -0.2) is 0 Å². The van der Waals surface area contributed by atoms with E-state index in [1.54, 1.807) is 0 Å². The highest BCUT2D eigenvalue weighted by atomic mass is 16.2. The molecule has 0 radical (unpaired) electrons. The van der Waals surface area contributed by atoms with Crippen LogP contribution in [0.15, 0.2) is 0 Å². The zero-order valence-corrected chi connectivity index (χ0v) is 14.1. The van der Waals surface area contributed by atoms with E-state index in [1.807, 2.05) is 7.05 Å². The molecule has 21 heavy (non-hydrogen) atoms. The number of likely N-dealkylation sites (tertiary alicyclic amines) is 1. The highest BCUT2D eigenvalue weighted by Crippen LogP contribution is 2.23. The molecule has 2 rings (SSSR count). The summed E-state index contributed by atoms with van der Waals surface area (Å²) in [6.07, 6.45) is 5.42. The molecule has 2 aliphatic rings. The van der Waals surface area contributed by atoms with Crippen molar-refractivity contribution >= 4 is 5.91 Å². The van der Waals surface area contributed by atoms with Gasteiger partial charge in [0.05, 0.1) is 0 Å². The fraction of sp³-hybridized carbons (Fsp3) is 0.941. The number of amides is 1. The van der Waals surface area contributed by atoms with Gasteiger partial charge in [0.15, 0.2) is 0 Å². The number of carbonyl (C=O) groups is 1. The molecule has 2 heterocycles. The minimum atomic E-state index is 0.357. The van der Waals surface area contributed by atoms with E-state index in [0.29, 0.717) is 17.9 Å². The first-order valence-electron chi connectivity index (χ1n) is 8.80. The quantitative estimate of drug-likeness (QED) is 0.842. The molecule has 4 heteroatoms. The number of hydrogen-bond acceptors (Lipinski definition) is 3. The van der Waals surface area contributed by atoms with Gasteiger partial charge in [-0.15, -0.1) is 0 Å². The van der Waals surface area contributed by atoms with Crippen LogP contribution in [0, 0.1) is 11.8 Å². The Morgan fingerprint density at radius 2 is 2.00 bits per heavy atom. The van der Waals surface area contributed by atoms with E-state index in [2.05, 4.69) is 29.0 Å². The lowest BCUT2D eigenvalue weighted by Gasteiger charge is -2.41. The molecule has 0 aromatic rings. The molecule has 1 N–H and O–H groups in total. The molecular weight excluding hydrogens is 262 g/mol. The van der Waals surface area contributed by atoms with Crippen molar-refractivity contribution < 1.29 is 4.79 Å². The summed E-state index contributed by atoms with van der Waals surface area (Å²) in [6, 6.07) is 0.438. The van der Waals surface area contributed by atoms with Gasteiger partial charge in [0.25, 0.3) is 0 Å². The highest BCUT2D eigenvalue weighted by molar-refractivity contribution is 5.76. The summed E-state index contributed by atoms with van der Waals surface area (Å²) in [6.45, 7) is 10.2. The second-order valence-corrected chi connectivity index (χ2v) is 6.96.